The minimum Gasteiger partial charge on any atom is -0.466 e. The molecule has 0 bridgehead atoms. The number of aromatic nitrogens is 2. The van der Waals surface area contributed by atoms with Crippen LogP contribution >= 0.6 is 11.3 Å². The molecule has 0 unspecified atom stereocenters. The highest BCUT2D eigenvalue weighted by Gasteiger charge is 2.24. The lowest BCUT2D eigenvalue weighted by atomic mass is 10.1. The van der Waals surface area contributed by atoms with Crippen molar-refractivity contribution in [2.75, 3.05) is 36.5 Å². The number of hydrogen-bond donors (Lipinski definition) is 5. The minimum absolute atomic E-state index is 0.0221. The van der Waals surface area contributed by atoms with E-state index in [1.807, 2.05) is 0 Å². The molecule has 0 spiro atoms. The molecule has 12 nitrogen and oxygen atoms in total. The Balaban J connectivity index is 1.89. The van der Waals surface area contributed by atoms with Crippen LogP contribution in [0.1, 0.15) is 48.3 Å². The van der Waals surface area contributed by atoms with Gasteiger partial charge in [0.05, 0.1) is 28.7 Å². The zero-order valence-electron chi connectivity index (χ0n) is 19.1. The molecular formula is C21H30N6O6S. The maximum atomic E-state index is 12.6. The predicted molar refractivity (Wildman–Crippen MR) is 129 cm³/mol. The third-order valence-electron chi connectivity index (χ3n) is 4.62. The Labute approximate surface area is 200 Å². The van der Waals surface area contributed by atoms with E-state index in [4.69, 9.17) is 20.9 Å². The van der Waals surface area contributed by atoms with Gasteiger partial charge in [-0.25, -0.2) is 4.79 Å². The normalized spacial score (nSPS) is 11.5. The summed E-state index contributed by atoms with van der Waals surface area (Å²) in [6.07, 6.45) is 1.05. The van der Waals surface area contributed by atoms with Gasteiger partial charge in [0, 0.05) is 13.0 Å². The van der Waals surface area contributed by atoms with Gasteiger partial charge < -0.3 is 31.6 Å². The van der Waals surface area contributed by atoms with E-state index in [1.165, 1.54) is 11.3 Å². The smallest absolute Gasteiger partial charge is 0.328 e. The van der Waals surface area contributed by atoms with Crippen molar-refractivity contribution in [3.8, 4) is 0 Å². The van der Waals surface area contributed by atoms with Gasteiger partial charge in [0.2, 0.25) is 5.95 Å². The number of amides is 1. The van der Waals surface area contributed by atoms with Gasteiger partial charge in [0.1, 0.15) is 11.9 Å². The molecule has 1 atom stereocenters. The van der Waals surface area contributed by atoms with Crippen LogP contribution in [-0.4, -0.2) is 53.6 Å². The third kappa shape index (κ3) is 8.06. The molecule has 7 N–H and O–H groups in total. The lowest BCUT2D eigenvalue weighted by Gasteiger charge is -2.16. The molecule has 2 rings (SSSR count). The molecule has 2 aromatic rings. The number of thiophene rings is 1. The van der Waals surface area contributed by atoms with Gasteiger partial charge in [-0.3, -0.25) is 19.4 Å². The maximum Gasteiger partial charge on any atom is 0.328 e. The van der Waals surface area contributed by atoms with E-state index in [-0.39, 0.29) is 43.4 Å². The second kappa shape index (κ2) is 13.2. The molecule has 0 aromatic carbocycles. The fraction of sp³-hybridized carbons (Fsp3) is 0.476. The number of aromatic amines is 1. The lowest BCUT2D eigenvalue weighted by Crippen LogP contribution is -2.42. The summed E-state index contributed by atoms with van der Waals surface area (Å²) < 4.78 is 9.88. The maximum absolute atomic E-state index is 12.6. The summed E-state index contributed by atoms with van der Waals surface area (Å²) in [5.74, 6) is -1.43. The molecule has 13 heteroatoms. The number of nitrogen functional groups attached to an aromatic ring is 2. The largest absolute Gasteiger partial charge is 0.466 e. The zero-order chi connectivity index (χ0) is 25.1. The molecule has 2 heterocycles. The first-order valence-electron chi connectivity index (χ1n) is 10.9. The Morgan fingerprint density at radius 3 is 2.59 bits per heavy atom. The lowest BCUT2D eigenvalue weighted by molar-refractivity contribution is -0.146. The highest BCUT2D eigenvalue weighted by Crippen LogP contribution is 2.22. The van der Waals surface area contributed by atoms with Crippen LogP contribution in [-0.2, 0) is 25.5 Å². The van der Waals surface area contributed by atoms with E-state index in [1.54, 1.807) is 26.0 Å². The number of esters is 2. The van der Waals surface area contributed by atoms with E-state index >= 15 is 0 Å². The molecule has 0 radical (unpaired) electrons. The number of nitrogens with one attached hydrogen (secondary N) is 3. The van der Waals surface area contributed by atoms with E-state index in [2.05, 4.69) is 20.6 Å². The van der Waals surface area contributed by atoms with Gasteiger partial charge in [0.15, 0.2) is 0 Å². The van der Waals surface area contributed by atoms with Crippen LogP contribution in [0.3, 0.4) is 0 Å². The first-order chi connectivity index (χ1) is 16.2. The molecule has 0 aliphatic heterocycles. The van der Waals surface area contributed by atoms with E-state index in [9.17, 15) is 19.2 Å². The van der Waals surface area contributed by atoms with Crippen molar-refractivity contribution in [2.24, 2.45) is 0 Å². The summed E-state index contributed by atoms with van der Waals surface area (Å²) >= 11 is 1.21. The first-order valence-corrected chi connectivity index (χ1v) is 11.7. The number of ether oxygens (including phenoxy) is 2. The fourth-order valence-electron chi connectivity index (χ4n) is 3.02. The summed E-state index contributed by atoms with van der Waals surface area (Å²) in [6.45, 7) is 4.27. The molecule has 0 saturated carbocycles. The molecule has 0 fully saturated rings. The van der Waals surface area contributed by atoms with E-state index in [0.29, 0.717) is 29.8 Å². The van der Waals surface area contributed by atoms with E-state index in [0.717, 1.165) is 5.00 Å². The molecule has 186 valence electrons. The zero-order valence-corrected chi connectivity index (χ0v) is 20.0. The number of nitrogens with two attached hydrogens (primary N) is 2. The van der Waals surface area contributed by atoms with Crippen molar-refractivity contribution >= 4 is 45.9 Å². The second-order valence-electron chi connectivity index (χ2n) is 7.13. The van der Waals surface area contributed by atoms with Gasteiger partial charge >= 0.3 is 11.9 Å². The van der Waals surface area contributed by atoms with Crippen molar-refractivity contribution in [1.29, 1.82) is 0 Å². The SMILES string of the molecule is CCOC(=O)CC[C@H](NC(=O)c1ccc(NCCCc2c(N)nc(N)[nH]c2=O)s1)C(=O)OCC. The van der Waals surface area contributed by atoms with Gasteiger partial charge in [0.25, 0.3) is 11.5 Å². The number of anilines is 3. The first kappa shape index (κ1) is 26.6. The number of rotatable bonds is 13. The average molecular weight is 495 g/mol. The average Bonchev–Trinajstić information content (AvgIpc) is 3.24. The van der Waals surface area contributed by atoms with Crippen LogP contribution in [0, 0.1) is 0 Å². The number of nitrogens with zero attached hydrogens (tertiary/aromatic N) is 1. The number of carbonyl (C=O) groups excluding carboxylic acids is 3. The predicted octanol–water partition coefficient (Wildman–Crippen LogP) is 1.05. The van der Waals surface area contributed by atoms with Gasteiger partial charge in [-0.15, -0.1) is 11.3 Å². The number of H-pyrrole nitrogens is 1. The highest BCUT2D eigenvalue weighted by molar-refractivity contribution is 7.17. The molecule has 0 aliphatic carbocycles. The van der Waals surface area contributed by atoms with Crippen molar-refractivity contribution in [3.05, 3.63) is 32.9 Å². The van der Waals surface area contributed by atoms with Crippen LogP contribution in [0.15, 0.2) is 16.9 Å². The van der Waals surface area contributed by atoms with Crippen LogP contribution in [0.25, 0.3) is 0 Å². The van der Waals surface area contributed by atoms with Crippen LogP contribution in [0.5, 0.6) is 0 Å². The Bertz CT molecular complexity index is 1050. The van der Waals surface area contributed by atoms with Crippen molar-refractivity contribution in [1.82, 2.24) is 15.3 Å². The van der Waals surface area contributed by atoms with Gasteiger partial charge in [-0.05, 0) is 45.2 Å². The number of hydrogen-bond acceptors (Lipinski definition) is 11. The second-order valence-corrected chi connectivity index (χ2v) is 8.21. The Kier molecular flexibility index (Phi) is 10.3. The fourth-order valence-corrected chi connectivity index (χ4v) is 3.86. The van der Waals surface area contributed by atoms with Crippen LogP contribution in [0.4, 0.5) is 16.8 Å². The standard InChI is InChI=1S/C21H30N6O6S/c1-3-32-16(28)10-7-13(20(31)33-4-2)25-19(30)14-8-9-15(34-14)24-11-5-6-12-17(22)26-21(23)27-18(12)29/h8-9,13,24H,3-7,10-11H2,1-2H3,(H,25,30)(H5,22,23,26,27,29)/t13-/m0/s1. The number of carbonyl (C=O) groups is 3. The molecule has 34 heavy (non-hydrogen) atoms. The molecule has 2 aromatic heterocycles. The Morgan fingerprint density at radius 1 is 1.18 bits per heavy atom. The summed E-state index contributed by atoms with van der Waals surface area (Å²) in [5, 5.41) is 6.54. The van der Waals surface area contributed by atoms with Crippen LogP contribution < -0.4 is 27.7 Å². The van der Waals surface area contributed by atoms with Crippen molar-refractivity contribution in [3.63, 3.8) is 0 Å². The highest BCUT2D eigenvalue weighted by atomic mass is 32.1. The molecule has 0 aliphatic rings. The topological polar surface area (TPSA) is 192 Å². The van der Waals surface area contributed by atoms with Crippen LogP contribution in [0.2, 0.25) is 0 Å². The third-order valence-corrected chi connectivity index (χ3v) is 5.66. The molecule has 0 saturated heterocycles. The van der Waals surface area contributed by atoms with Crippen molar-refractivity contribution in [2.45, 2.75) is 45.6 Å². The monoisotopic (exact) mass is 494 g/mol. The quantitative estimate of drug-likeness (QED) is 0.198. The summed E-state index contributed by atoms with van der Waals surface area (Å²) in [5.41, 5.74) is 11.2. The Morgan fingerprint density at radius 2 is 1.91 bits per heavy atom. The summed E-state index contributed by atoms with van der Waals surface area (Å²) in [7, 11) is 0. The van der Waals surface area contributed by atoms with Gasteiger partial charge in [-0.2, -0.15) is 4.98 Å². The molecule has 1 amide bonds. The van der Waals surface area contributed by atoms with E-state index < -0.39 is 23.9 Å². The van der Waals surface area contributed by atoms with Crippen molar-refractivity contribution < 1.29 is 23.9 Å². The Hall–Kier alpha value is -3.61. The summed E-state index contributed by atoms with van der Waals surface area (Å²) in [6, 6.07) is 2.40. The minimum atomic E-state index is -0.965. The molecular weight excluding hydrogens is 464 g/mol. The van der Waals surface area contributed by atoms with Gasteiger partial charge in [-0.1, -0.05) is 0 Å². The summed E-state index contributed by atoms with van der Waals surface area (Å²) in [4.78, 5) is 55.0.